The van der Waals surface area contributed by atoms with Crippen LogP contribution in [0.3, 0.4) is 0 Å². The first-order valence-corrected chi connectivity index (χ1v) is 6.93. The van der Waals surface area contributed by atoms with Crippen LogP contribution in [0.4, 0.5) is 0 Å². The molecule has 0 aliphatic carbocycles. The number of benzene rings is 1. The van der Waals surface area contributed by atoms with Gasteiger partial charge in [-0.2, -0.15) is 0 Å². The van der Waals surface area contributed by atoms with Crippen LogP contribution in [0.5, 0.6) is 11.5 Å². The number of nitrogens with one attached hydrogen (secondary N) is 2. The summed E-state index contributed by atoms with van der Waals surface area (Å²) in [6, 6.07) is 6.09. The minimum absolute atomic E-state index is 0. The Hall–Kier alpha value is -1.18. The molecule has 0 bridgehead atoms. The van der Waals surface area contributed by atoms with Crippen LogP contribution in [0.15, 0.2) is 23.2 Å². The number of hydrogen-bond acceptors (Lipinski definition) is 3. The van der Waals surface area contributed by atoms with Crippen molar-refractivity contribution in [3.05, 3.63) is 23.8 Å². The lowest BCUT2D eigenvalue weighted by molar-refractivity contribution is 0.310. The summed E-state index contributed by atoms with van der Waals surface area (Å²) < 4.78 is 10.9. The van der Waals surface area contributed by atoms with E-state index in [0.717, 1.165) is 36.8 Å². The third-order valence-electron chi connectivity index (χ3n) is 2.92. The highest BCUT2D eigenvalue weighted by Crippen LogP contribution is 2.28. The Labute approximate surface area is 144 Å². The fourth-order valence-corrected chi connectivity index (χ4v) is 1.92. The Morgan fingerprint density at radius 3 is 2.62 bits per heavy atom. The zero-order chi connectivity index (χ0) is 14.8. The molecule has 0 aliphatic rings. The summed E-state index contributed by atoms with van der Waals surface area (Å²) in [5, 5.41) is 6.23. The molecule has 0 saturated heterocycles. The molecule has 1 aromatic carbocycles. The summed E-state index contributed by atoms with van der Waals surface area (Å²) in [5.74, 6) is 2.41. The van der Waals surface area contributed by atoms with E-state index < -0.39 is 0 Å². The fourth-order valence-electron chi connectivity index (χ4n) is 1.92. The number of guanidine groups is 1. The van der Waals surface area contributed by atoms with Gasteiger partial charge >= 0.3 is 0 Å². The quantitative estimate of drug-likeness (QED) is 0.316. The first-order chi connectivity index (χ1) is 9.74. The predicted octanol–water partition coefficient (Wildman–Crippen LogP) is 2.44. The Balaban J connectivity index is 0.00000400. The van der Waals surface area contributed by atoms with Crippen LogP contribution in [0.2, 0.25) is 0 Å². The van der Waals surface area contributed by atoms with Gasteiger partial charge in [-0.25, -0.2) is 0 Å². The van der Waals surface area contributed by atoms with Gasteiger partial charge in [0, 0.05) is 20.6 Å². The number of hydrogen-bond donors (Lipinski definition) is 2. The molecule has 0 aromatic heterocycles. The van der Waals surface area contributed by atoms with Crippen molar-refractivity contribution in [1.29, 1.82) is 0 Å². The zero-order valence-electron chi connectivity index (χ0n) is 13.2. The highest BCUT2D eigenvalue weighted by molar-refractivity contribution is 14.0. The first-order valence-electron chi connectivity index (χ1n) is 6.93. The molecule has 6 heteroatoms. The van der Waals surface area contributed by atoms with Gasteiger partial charge in [0.15, 0.2) is 17.5 Å². The predicted molar refractivity (Wildman–Crippen MR) is 98.3 cm³/mol. The van der Waals surface area contributed by atoms with Gasteiger partial charge in [0.1, 0.15) is 0 Å². The van der Waals surface area contributed by atoms with Crippen molar-refractivity contribution >= 4 is 29.9 Å². The molecule has 2 N–H and O–H groups in total. The van der Waals surface area contributed by atoms with E-state index >= 15 is 0 Å². The molecule has 0 aliphatic heterocycles. The maximum atomic E-state index is 5.58. The Morgan fingerprint density at radius 2 is 2.05 bits per heavy atom. The standard InChI is InChI=1S/C15H25N3O2.HI/c1-5-20-14-11-12(8-9-13(14)19-4)7-6-10-18-15(16-2)17-3;/h8-9,11H,5-7,10H2,1-4H3,(H2,16,17,18);1H. The van der Waals surface area contributed by atoms with E-state index in [0.29, 0.717) is 6.61 Å². The average molecular weight is 407 g/mol. The van der Waals surface area contributed by atoms with Crippen LogP contribution < -0.4 is 20.1 Å². The maximum Gasteiger partial charge on any atom is 0.190 e. The van der Waals surface area contributed by atoms with Crippen LogP contribution in [-0.2, 0) is 6.42 Å². The molecule has 0 atom stereocenters. The Morgan fingerprint density at radius 1 is 1.29 bits per heavy atom. The highest BCUT2D eigenvalue weighted by Gasteiger charge is 2.05. The maximum absolute atomic E-state index is 5.58. The number of methoxy groups -OCH3 is 1. The van der Waals surface area contributed by atoms with Crippen LogP contribution in [0.1, 0.15) is 18.9 Å². The van der Waals surface area contributed by atoms with Crippen LogP contribution >= 0.6 is 24.0 Å². The summed E-state index contributed by atoms with van der Waals surface area (Å²) in [6.45, 7) is 3.49. The van der Waals surface area contributed by atoms with Crippen molar-refractivity contribution in [2.45, 2.75) is 19.8 Å². The number of ether oxygens (including phenoxy) is 2. The van der Waals surface area contributed by atoms with Crippen LogP contribution in [0, 0.1) is 0 Å². The largest absolute Gasteiger partial charge is 0.493 e. The zero-order valence-corrected chi connectivity index (χ0v) is 15.6. The van der Waals surface area contributed by atoms with Gasteiger partial charge in [-0.05, 0) is 37.5 Å². The summed E-state index contributed by atoms with van der Waals surface area (Å²) in [6.07, 6.45) is 2.01. The van der Waals surface area contributed by atoms with Gasteiger partial charge in [0.05, 0.1) is 13.7 Å². The second-order valence-corrected chi connectivity index (χ2v) is 4.27. The Bertz CT molecular complexity index is 439. The molecule has 5 nitrogen and oxygen atoms in total. The SMILES string of the molecule is CCOc1cc(CCCNC(=NC)NC)ccc1OC.I. The third-order valence-corrected chi connectivity index (χ3v) is 2.92. The Kier molecular flexibility index (Phi) is 10.8. The fraction of sp³-hybridized carbons (Fsp3) is 0.533. The summed E-state index contributed by atoms with van der Waals surface area (Å²) in [7, 11) is 5.27. The molecule has 0 fully saturated rings. The lowest BCUT2D eigenvalue weighted by Gasteiger charge is -2.12. The molecule has 0 saturated carbocycles. The van der Waals surface area contributed by atoms with E-state index in [4.69, 9.17) is 9.47 Å². The average Bonchev–Trinajstić information content (AvgIpc) is 2.48. The van der Waals surface area contributed by atoms with Crippen LogP contribution in [-0.4, -0.2) is 40.3 Å². The van der Waals surface area contributed by atoms with Gasteiger partial charge in [0.25, 0.3) is 0 Å². The van der Waals surface area contributed by atoms with Gasteiger partial charge in [-0.3, -0.25) is 4.99 Å². The number of aliphatic imine (C=N–C) groups is 1. The van der Waals surface area contributed by atoms with Crippen LogP contribution in [0.25, 0.3) is 0 Å². The van der Waals surface area contributed by atoms with Crippen molar-refractivity contribution in [2.75, 3.05) is 34.4 Å². The molecule has 0 radical (unpaired) electrons. The minimum Gasteiger partial charge on any atom is -0.493 e. The monoisotopic (exact) mass is 407 g/mol. The van der Waals surface area contributed by atoms with E-state index in [2.05, 4.69) is 27.8 Å². The van der Waals surface area contributed by atoms with E-state index in [9.17, 15) is 0 Å². The van der Waals surface area contributed by atoms with Crippen molar-refractivity contribution in [1.82, 2.24) is 10.6 Å². The highest BCUT2D eigenvalue weighted by atomic mass is 127. The molecular formula is C15H26IN3O2. The number of nitrogens with zero attached hydrogens (tertiary/aromatic N) is 1. The second kappa shape index (κ2) is 11.5. The number of rotatable bonds is 7. The lowest BCUT2D eigenvalue weighted by Crippen LogP contribution is -2.35. The molecule has 0 unspecified atom stereocenters. The van der Waals surface area contributed by atoms with E-state index in [1.807, 2.05) is 20.0 Å². The first kappa shape index (κ1) is 19.8. The van der Waals surface area contributed by atoms with E-state index in [1.54, 1.807) is 14.2 Å². The second-order valence-electron chi connectivity index (χ2n) is 4.27. The minimum atomic E-state index is 0. The topological polar surface area (TPSA) is 54.9 Å². The van der Waals surface area contributed by atoms with Crippen molar-refractivity contribution in [2.24, 2.45) is 4.99 Å². The molecule has 0 amide bonds. The molecule has 21 heavy (non-hydrogen) atoms. The number of halogens is 1. The molecule has 0 heterocycles. The normalized spacial score (nSPS) is 10.6. The van der Waals surface area contributed by atoms with Gasteiger partial charge in [-0.1, -0.05) is 6.07 Å². The van der Waals surface area contributed by atoms with Gasteiger partial charge in [0.2, 0.25) is 0 Å². The molecule has 1 rings (SSSR count). The molecule has 1 aromatic rings. The lowest BCUT2D eigenvalue weighted by atomic mass is 10.1. The summed E-state index contributed by atoms with van der Waals surface area (Å²) in [4.78, 5) is 4.07. The molecular weight excluding hydrogens is 381 g/mol. The summed E-state index contributed by atoms with van der Waals surface area (Å²) >= 11 is 0. The molecule has 120 valence electrons. The molecule has 0 spiro atoms. The van der Waals surface area contributed by atoms with E-state index in [1.165, 1.54) is 5.56 Å². The van der Waals surface area contributed by atoms with Crippen molar-refractivity contribution < 1.29 is 9.47 Å². The van der Waals surface area contributed by atoms with Crippen molar-refractivity contribution in [3.8, 4) is 11.5 Å². The van der Waals surface area contributed by atoms with E-state index in [-0.39, 0.29) is 24.0 Å². The number of aryl methyl sites for hydroxylation is 1. The van der Waals surface area contributed by atoms with Gasteiger partial charge in [-0.15, -0.1) is 24.0 Å². The van der Waals surface area contributed by atoms with Gasteiger partial charge < -0.3 is 20.1 Å². The summed E-state index contributed by atoms with van der Waals surface area (Å²) in [5.41, 5.74) is 1.25. The van der Waals surface area contributed by atoms with Crippen molar-refractivity contribution in [3.63, 3.8) is 0 Å². The third kappa shape index (κ3) is 6.88. The smallest absolute Gasteiger partial charge is 0.190 e.